The van der Waals surface area contributed by atoms with Crippen LogP contribution in [-0.2, 0) is 0 Å². The molecule has 0 saturated heterocycles. The monoisotopic (exact) mass is 245 g/mol. The van der Waals surface area contributed by atoms with E-state index in [4.69, 9.17) is 16.3 Å². The Balaban J connectivity index is 1.91. The van der Waals surface area contributed by atoms with Crippen LogP contribution in [0.4, 0.5) is 0 Å². The molecule has 0 fully saturated rings. The van der Waals surface area contributed by atoms with Crippen molar-refractivity contribution in [3.05, 3.63) is 47.7 Å². The minimum Gasteiger partial charge on any atom is -0.437 e. The molecule has 3 rings (SSSR count). The quantitative estimate of drug-likeness (QED) is 0.753. The summed E-state index contributed by atoms with van der Waals surface area (Å²) in [6.07, 6.45) is 1.89. The first-order chi connectivity index (χ1) is 8.31. The van der Waals surface area contributed by atoms with Crippen molar-refractivity contribution in [2.45, 2.75) is 0 Å². The van der Waals surface area contributed by atoms with Crippen molar-refractivity contribution >= 4 is 22.5 Å². The molecule has 0 atom stereocenters. The number of ether oxygens (including phenoxy) is 1. The van der Waals surface area contributed by atoms with Crippen molar-refractivity contribution in [2.24, 2.45) is 0 Å². The van der Waals surface area contributed by atoms with Crippen molar-refractivity contribution in [1.82, 2.24) is 15.2 Å². The number of hydrogen-bond acceptors (Lipinski definition) is 3. The first kappa shape index (κ1) is 10.1. The number of aromatic amines is 1. The number of hydrogen-bond donors (Lipinski definition) is 1. The van der Waals surface area contributed by atoms with Crippen molar-refractivity contribution in [1.29, 1.82) is 0 Å². The number of halogens is 1. The van der Waals surface area contributed by atoms with Crippen LogP contribution in [0.5, 0.6) is 11.6 Å². The van der Waals surface area contributed by atoms with Crippen LogP contribution in [0.1, 0.15) is 0 Å². The second kappa shape index (κ2) is 4.07. The molecule has 2 aromatic heterocycles. The van der Waals surface area contributed by atoms with Gasteiger partial charge in [0.15, 0.2) is 5.15 Å². The lowest BCUT2D eigenvalue weighted by molar-refractivity contribution is 0.456. The predicted molar refractivity (Wildman–Crippen MR) is 65.4 cm³/mol. The van der Waals surface area contributed by atoms with Crippen LogP contribution in [-0.4, -0.2) is 15.2 Å². The van der Waals surface area contributed by atoms with E-state index >= 15 is 0 Å². The zero-order valence-electron chi connectivity index (χ0n) is 8.72. The molecule has 1 N–H and O–H groups in total. The lowest BCUT2D eigenvalue weighted by Crippen LogP contribution is -1.89. The van der Waals surface area contributed by atoms with E-state index in [9.17, 15) is 0 Å². The van der Waals surface area contributed by atoms with Gasteiger partial charge in [-0.2, -0.15) is 0 Å². The third-order valence-electron chi connectivity index (χ3n) is 2.36. The highest BCUT2D eigenvalue weighted by Crippen LogP contribution is 2.23. The first-order valence-electron chi connectivity index (χ1n) is 5.05. The molecular weight excluding hydrogens is 238 g/mol. The van der Waals surface area contributed by atoms with E-state index in [1.807, 2.05) is 30.5 Å². The largest absolute Gasteiger partial charge is 0.437 e. The van der Waals surface area contributed by atoms with E-state index in [0.29, 0.717) is 16.8 Å². The third-order valence-corrected chi connectivity index (χ3v) is 2.56. The maximum absolute atomic E-state index is 5.64. The minimum absolute atomic E-state index is 0.345. The molecule has 0 aliphatic heterocycles. The fraction of sp³-hybridized carbons (Fsp3) is 0. The Morgan fingerprint density at radius 1 is 1.06 bits per heavy atom. The van der Waals surface area contributed by atoms with Crippen LogP contribution in [0, 0.1) is 0 Å². The summed E-state index contributed by atoms with van der Waals surface area (Å²) >= 11 is 5.64. The van der Waals surface area contributed by atoms with Gasteiger partial charge in [0, 0.05) is 23.8 Å². The zero-order valence-corrected chi connectivity index (χ0v) is 9.48. The van der Waals surface area contributed by atoms with Gasteiger partial charge in [0.1, 0.15) is 5.75 Å². The van der Waals surface area contributed by atoms with Gasteiger partial charge in [-0.3, -0.25) is 0 Å². The Morgan fingerprint density at radius 2 is 2.00 bits per heavy atom. The highest BCUT2D eigenvalue weighted by atomic mass is 35.5. The standard InChI is InChI=1S/C12H8ClN3O/c13-11-3-4-12(16-15-11)17-9-2-1-8-5-6-14-10(8)7-9/h1-7,14H. The topological polar surface area (TPSA) is 50.8 Å². The number of rotatable bonds is 2. The summed E-state index contributed by atoms with van der Waals surface area (Å²) in [6, 6.07) is 11.1. The lowest BCUT2D eigenvalue weighted by atomic mass is 10.2. The number of benzene rings is 1. The second-order valence-corrected chi connectivity index (χ2v) is 3.91. The van der Waals surface area contributed by atoms with Gasteiger partial charge in [0.05, 0.1) is 0 Å². The van der Waals surface area contributed by atoms with E-state index in [2.05, 4.69) is 15.2 Å². The molecule has 0 radical (unpaired) electrons. The number of nitrogens with zero attached hydrogens (tertiary/aromatic N) is 2. The average Bonchev–Trinajstić information content (AvgIpc) is 2.79. The Kier molecular flexibility index (Phi) is 2.42. The average molecular weight is 246 g/mol. The smallest absolute Gasteiger partial charge is 0.238 e. The van der Waals surface area contributed by atoms with Gasteiger partial charge in [0.25, 0.3) is 0 Å². The molecule has 17 heavy (non-hydrogen) atoms. The first-order valence-corrected chi connectivity index (χ1v) is 5.43. The van der Waals surface area contributed by atoms with Crippen molar-refractivity contribution < 1.29 is 4.74 Å². The summed E-state index contributed by atoms with van der Waals surface area (Å²) in [5.41, 5.74) is 1.02. The molecule has 0 aliphatic carbocycles. The normalized spacial score (nSPS) is 10.6. The summed E-state index contributed by atoms with van der Waals surface area (Å²) in [6.45, 7) is 0. The SMILES string of the molecule is Clc1ccc(Oc2ccc3cc[nH]c3c2)nn1. The maximum atomic E-state index is 5.64. The van der Waals surface area contributed by atoms with Crippen LogP contribution in [0.15, 0.2) is 42.6 Å². The van der Waals surface area contributed by atoms with Gasteiger partial charge in [-0.1, -0.05) is 11.6 Å². The summed E-state index contributed by atoms with van der Waals surface area (Å²) < 4.78 is 5.56. The van der Waals surface area contributed by atoms with Gasteiger partial charge in [0.2, 0.25) is 5.88 Å². The molecular formula is C12H8ClN3O. The molecule has 2 heterocycles. The predicted octanol–water partition coefficient (Wildman–Crippen LogP) is 3.40. The molecule has 0 bridgehead atoms. The van der Waals surface area contributed by atoms with E-state index < -0.39 is 0 Å². The van der Waals surface area contributed by atoms with Crippen LogP contribution in [0.3, 0.4) is 0 Å². The van der Waals surface area contributed by atoms with Crippen molar-refractivity contribution in [3.8, 4) is 11.6 Å². The molecule has 0 saturated carbocycles. The number of aromatic nitrogens is 3. The van der Waals surface area contributed by atoms with E-state index in [0.717, 1.165) is 10.9 Å². The number of nitrogens with one attached hydrogen (secondary N) is 1. The van der Waals surface area contributed by atoms with Gasteiger partial charge in [-0.15, -0.1) is 10.2 Å². The van der Waals surface area contributed by atoms with E-state index in [-0.39, 0.29) is 0 Å². The minimum atomic E-state index is 0.345. The summed E-state index contributed by atoms with van der Waals surface area (Å²) in [7, 11) is 0. The molecule has 0 amide bonds. The van der Waals surface area contributed by atoms with Crippen LogP contribution in [0.25, 0.3) is 10.9 Å². The molecule has 4 nitrogen and oxygen atoms in total. The molecule has 1 aromatic carbocycles. The van der Waals surface area contributed by atoms with Crippen LogP contribution < -0.4 is 4.74 Å². The fourth-order valence-corrected chi connectivity index (χ4v) is 1.67. The lowest BCUT2D eigenvalue weighted by Gasteiger charge is -2.03. The second-order valence-electron chi connectivity index (χ2n) is 3.52. The molecule has 3 aromatic rings. The number of fused-ring (bicyclic) bond motifs is 1. The fourth-order valence-electron chi connectivity index (χ4n) is 1.57. The van der Waals surface area contributed by atoms with Gasteiger partial charge in [-0.25, -0.2) is 0 Å². The summed E-state index contributed by atoms with van der Waals surface area (Å²) in [4.78, 5) is 3.12. The van der Waals surface area contributed by atoms with E-state index in [1.165, 1.54) is 0 Å². The molecule has 0 unspecified atom stereocenters. The maximum Gasteiger partial charge on any atom is 0.238 e. The zero-order chi connectivity index (χ0) is 11.7. The highest BCUT2D eigenvalue weighted by molar-refractivity contribution is 6.29. The van der Waals surface area contributed by atoms with Crippen LogP contribution in [0.2, 0.25) is 5.15 Å². The Bertz CT molecular complexity index is 648. The molecule has 0 aliphatic rings. The van der Waals surface area contributed by atoms with E-state index in [1.54, 1.807) is 12.1 Å². The van der Waals surface area contributed by atoms with Gasteiger partial charge < -0.3 is 9.72 Å². The Labute approximate surface area is 102 Å². The Hall–Kier alpha value is -2.07. The van der Waals surface area contributed by atoms with Crippen molar-refractivity contribution in [3.63, 3.8) is 0 Å². The molecule has 84 valence electrons. The Morgan fingerprint density at radius 3 is 2.82 bits per heavy atom. The van der Waals surface area contributed by atoms with Crippen molar-refractivity contribution in [2.75, 3.05) is 0 Å². The third kappa shape index (κ3) is 2.07. The van der Waals surface area contributed by atoms with Gasteiger partial charge >= 0.3 is 0 Å². The highest BCUT2D eigenvalue weighted by Gasteiger charge is 2.01. The molecule has 0 spiro atoms. The summed E-state index contributed by atoms with van der Waals surface area (Å²) in [5, 5.41) is 9.02. The summed E-state index contributed by atoms with van der Waals surface area (Å²) in [5.74, 6) is 1.12. The van der Waals surface area contributed by atoms with Crippen LogP contribution >= 0.6 is 11.6 Å². The van der Waals surface area contributed by atoms with Gasteiger partial charge in [-0.05, 0) is 29.7 Å². The number of H-pyrrole nitrogens is 1. The molecule has 5 heteroatoms.